The highest BCUT2D eigenvalue weighted by atomic mass is 32.2. The number of hydrogen-bond donors (Lipinski definition) is 1. The van der Waals surface area contributed by atoms with Gasteiger partial charge in [-0.05, 0) is 55.5 Å². The second kappa shape index (κ2) is 14.2. The Bertz CT molecular complexity index is 1510. The summed E-state index contributed by atoms with van der Waals surface area (Å²) in [6.45, 7) is 1.63. The van der Waals surface area contributed by atoms with Crippen LogP contribution in [0.4, 0.5) is 0 Å². The number of ether oxygens (including phenoxy) is 4. The highest BCUT2D eigenvalue weighted by Crippen LogP contribution is 2.37. The zero-order chi connectivity index (χ0) is 30.2. The summed E-state index contributed by atoms with van der Waals surface area (Å²) in [6, 6.07) is 32.7. The summed E-state index contributed by atoms with van der Waals surface area (Å²) in [6.07, 6.45) is -5.17. The number of carbonyl (C=O) groups excluding carboxylic acids is 3. The van der Waals surface area contributed by atoms with Crippen molar-refractivity contribution in [2.75, 3.05) is 6.61 Å². The highest BCUT2D eigenvalue weighted by molar-refractivity contribution is 7.99. The first kappa shape index (κ1) is 30.0. The maximum atomic E-state index is 13.2. The second-order valence-corrected chi connectivity index (χ2v) is 11.1. The Morgan fingerprint density at radius 2 is 1.14 bits per heavy atom. The normalized spacial score (nSPS) is 21.4. The summed E-state index contributed by atoms with van der Waals surface area (Å²) in [7, 11) is 0. The smallest absolute Gasteiger partial charge is 0.338 e. The number of aliphatic hydroxyl groups is 1. The first-order valence-corrected chi connectivity index (χ1v) is 14.6. The SMILES string of the molecule is Cc1ccc(S[C@@H]2O[C@H](COC(=O)c3ccccc3)[C@H](O)[C@H](OC(=O)c3ccccc3)[C@H]2OC(=O)c2ccccc2)cc1. The fraction of sp³-hybridized carbons (Fsp3) is 0.206. The lowest BCUT2D eigenvalue weighted by molar-refractivity contribution is -0.206. The number of benzene rings is 4. The van der Waals surface area contributed by atoms with Crippen LogP contribution in [0, 0.1) is 6.92 Å². The molecule has 0 amide bonds. The van der Waals surface area contributed by atoms with Gasteiger partial charge in [-0.15, -0.1) is 0 Å². The molecule has 4 aromatic carbocycles. The minimum absolute atomic E-state index is 0.254. The summed E-state index contributed by atoms with van der Waals surface area (Å²) < 4.78 is 23.5. The molecule has 220 valence electrons. The van der Waals surface area contributed by atoms with E-state index >= 15 is 0 Å². The first-order chi connectivity index (χ1) is 20.9. The molecule has 9 heteroatoms. The van der Waals surface area contributed by atoms with Crippen molar-refractivity contribution in [3.05, 3.63) is 138 Å². The molecule has 0 saturated carbocycles. The molecule has 0 bridgehead atoms. The number of aryl methyl sites for hydroxylation is 1. The molecule has 1 fully saturated rings. The van der Waals surface area contributed by atoms with Crippen molar-refractivity contribution < 1.29 is 38.4 Å². The highest BCUT2D eigenvalue weighted by Gasteiger charge is 2.50. The van der Waals surface area contributed by atoms with Gasteiger partial charge in [-0.2, -0.15) is 0 Å². The van der Waals surface area contributed by atoms with Crippen LogP contribution in [-0.4, -0.2) is 59.5 Å². The molecule has 1 saturated heterocycles. The second-order valence-electron chi connectivity index (χ2n) is 9.90. The van der Waals surface area contributed by atoms with Crippen LogP contribution in [0.1, 0.15) is 36.6 Å². The number of thioether (sulfide) groups is 1. The summed E-state index contributed by atoms with van der Waals surface area (Å²) in [5.74, 6) is -1.99. The van der Waals surface area contributed by atoms with Gasteiger partial charge in [0.05, 0.1) is 16.7 Å². The van der Waals surface area contributed by atoms with Gasteiger partial charge >= 0.3 is 17.9 Å². The van der Waals surface area contributed by atoms with Gasteiger partial charge in [0.25, 0.3) is 0 Å². The maximum absolute atomic E-state index is 13.2. The van der Waals surface area contributed by atoms with E-state index in [1.54, 1.807) is 91.0 Å². The van der Waals surface area contributed by atoms with Crippen LogP contribution in [-0.2, 0) is 18.9 Å². The van der Waals surface area contributed by atoms with E-state index in [1.165, 1.54) is 11.8 Å². The number of carbonyl (C=O) groups is 3. The molecule has 0 radical (unpaired) electrons. The predicted molar refractivity (Wildman–Crippen MR) is 160 cm³/mol. The molecule has 5 rings (SSSR count). The Labute approximate surface area is 253 Å². The zero-order valence-electron chi connectivity index (χ0n) is 23.3. The molecule has 5 atom stereocenters. The van der Waals surface area contributed by atoms with Gasteiger partial charge in [-0.1, -0.05) is 84.1 Å². The van der Waals surface area contributed by atoms with E-state index in [4.69, 9.17) is 18.9 Å². The molecule has 1 N–H and O–H groups in total. The number of rotatable bonds is 9. The molecule has 0 aromatic heterocycles. The lowest BCUT2D eigenvalue weighted by atomic mass is 9.99. The molecular formula is C34H30O8S. The Balaban J connectivity index is 1.45. The summed E-state index contributed by atoms with van der Waals surface area (Å²) in [5, 5.41) is 11.5. The topological polar surface area (TPSA) is 108 Å². The molecule has 1 aliphatic heterocycles. The standard InChI is InChI=1S/C34H30O8S/c1-22-17-19-26(20-18-22)43-34-30(42-33(38)25-15-9-4-10-16-25)29(41-32(37)24-13-7-3-8-14-24)28(35)27(40-34)21-39-31(36)23-11-5-2-6-12-23/h2-20,27-30,34-35H,21H2,1H3/t27-,28+,29+,30-,34+/m1/s1. The van der Waals surface area contributed by atoms with E-state index in [1.807, 2.05) is 31.2 Å². The zero-order valence-corrected chi connectivity index (χ0v) is 24.1. The summed E-state index contributed by atoms with van der Waals surface area (Å²) in [5.41, 5.74) is 0.983. The third kappa shape index (κ3) is 7.70. The quantitative estimate of drug-likeness (QED) is 0.198. The van der Waals surface area contributed by atoms with Crippen molar-refractivity contribution in [3.63, 3.8) is 0 Å². The molecular weight excluding hydrogens is 568 g/mol. The van der Waals surface area contributed by atoms with E-state index in [0.717, 1.165) is 10.5 Å². The van der Waals surface area contributed by atoms with Crippen molar-refractivity contribution in [1.29, 1.82) is 0 Å². The van der Waals surface area contributed by atoms with Gasteiger partial charge in [-0.3, -0.25) is 0 Å². The van der Waals surface area contributed by atoms with E-state index in [-0.39, 0.29) is 17.7 Å². The lowest BCUT2D eigenvalue weighted by Gasteiger charge is -2.43. The monoisotopic (exact) mass is 598 g/mol. The van der Waals surface area contributed by atoms with Crippen LogP contribution in [0.15, 0.2) is 120 Å². The van der Waals surface area contributed by atoms with Crippen LogP contribution in [0.5, 0.6) is 0 Å². The van der Waals surface area contributed by atoms with Gasteiger partial charge in [0, 0.05) is 4.90 Å². The minimum Gasteiger partial charge on any atom is -0.459 e. The van der Waals surface area contributed by atoms with E-state index in [2.05, 4.69) is 0 Å². The van der Waals surface area contributed by atoms with Crippen LogP contribution in [0.3, 0.4) is 0 Å². The Hall–Kier alpha value is -4.44. The first-order valence-electron chi connectivity index (χ1n) is 13.7. The fourth-order valence-corrected chi connectivity index (χ4v) is 5.59. The molecule has 1 heterocycles. The van der Waals surface area contributed by atoms with E-state index < -0.39 is 47.8 Å². The van der Waals surface area contributed by atoms with Gasteiger partial charge in [0.1, 0.15) is 24.3 Å². The third-order valence-corrected chi connectivity index (χ3v) is 7.94. The number of aliphatic hydroxyl groups excluding tert-OH is 1. The molecule has 43 heavy (non-hydrogen) atoms. The van der Waals surface area contributed by atoms with Crippen LogP contribution in [0.2, 0.25) is 0 Å². The fourth-order valence-electron chi connectivity index (χ4n) is 4.48. The van der Waals surface area contributed by atoms with Crippen molar-refractivity contribution in [1.82, 2.24) is 0 Å². The molecule has 0 aliphatic carbocycles. The van der Waals surface area contributed by atoms with Gasteiger partial charge < -0.3 is 24.1 Å². The molecule has 4 aromatic rings. The van der Waals surface area contributed by atoms with Crippen molar-refractivity contribution >= 4 is 29.7 Å². The number of hydrogen-bond acceptors (Lipinski definition) is 9. The molecule has 8 nitrogen and oxygen atoms in total. The third-order valence-electron chi connectivity index (χ3n) is 6.79. The molecule has 0 spiro atoms. The van der Waals surface area contributed by atoms with Crippen molar-refractivity contribution in [3.8, 4) is 0 Å². The molecule has 1 aliphatic rings. The average molecular weight is 599 g/mol. The summed E-state index contributed by atoms with van der Waals surface area (Å²) in [4.78, 5) is 39.9. The van der Waals surface area contributed by atoms with E-state index in [9.17, 15) is 19.5 Å². The summed E-state index contributed by atoms with van der Waals surface area (Å²) >= 11 is 1.24. The van der Waals surface area contributed by atoms with Crippen LogP contribution in [0.25, 0.3) is 0 Å². The number of esters is 3. The predicted octanol–water partition coefficient (Wildman–Crippen LogP) is 5.48. The van der Waals surface area contributed by atoms with Crippen LogP contribution < -0.4 is 0 Å². The average Bonchev–Trinajstić information content (AvgIpc) is 3.05. The van der Waals surface area contributed by atoms with Gasteiger partial charge in [0.2, 0.25) is 0 Å². The largest absolute Gasteiger partial charge is 0.459 e. The van der Waals surface area contributed by atoms with Crippen molar-refractivity contribution in [2.45, 2.75) is 41.7 Å². The van der Waals surface area contributed by atoms with Crippen LogP contribution >= 0.6 is 11.8 Å². The molecule has 0 unspecified atom stereocenters. The Morgan fingerprint density at radius 3 is 1.65 bits per heavy atom. The van der Waals surface area contributed by atoms with Gasteiger partial charge in [0.15, 0.2) is 12.2 Å². The lowest BCUT2D eigenvalue weighted by Crippen LogP contribution is -2.60. The minimum atomic E-state index is -1.50. The Morgan fingerprint density at radius 1 is 0.674 bits per heavy atom. The van der Waals surface area contributed by atoms with Gasteiger partial charge in [-0.25, -0.2) is 14.4 Å². The maximum Gasteiger partial charge on any atom is 0.338 e. The van der Waals surface area contributed by atoms with E-state index in [0.29, 0.717) is 5.56 Å². The van der Waals surface area contributed by atoms with Crippen molar-refractivity contribution in [2.24, 2.45) is 0 Å². The Kier molecular flexibility index (Phi) is 9.88.